The number of esters is 1. The van der Waals surface area contributed by atoms with Gasteiger partial charge in [0.1, 0.15) is 0 Å². The van der Waals surface area contributed by atoms with E-state index in [0.29, 0.717) is 25.9 Å². The third-order valence-corrected chi connectivity index (χ3v) is 14.0. The van der Waals surface area contributed by atoms with Crippen LogP contribution >= 0.6 is 0 Å². The lowest BCUT2D eigenvalue weighted by Gasteiger charge is -2.22. The molecule has 0 bridgehead atoms. The van der Waals surface area contributed by atoms with E-state index in [1.165, 1.54) is 244 Å². The molecule has 0 saturated heterocycles. The van der Waals surface area contributed by atoms with Crippen molar-refractivity contribution in [1.82, 2.24) is 5.32 Å². The third kappa shape index (κ3) is 53.5. The van der Waals surface area contributed by atoms with Gasteiger partial charge >= 0.3 is 5.97 Å². The van der Waals surface area contributed by atoms with Crippen LogP contribution in [0.25, 0.3) is 0 Å². The molecule has 0 aliphatic heterocycles. The van der Waals surface area contributed by atoms with E-state index in [2.05, 4.69) is 43.5 Å². The van der Waals surface area contributed by atoms with Crippen LogP contribution in [0.2, 0.25) is 0 Å². The van der Waals surface area contributed by atoms with Gasteiger partial charge in [-0.3, -0.25) is 9.59 Å². The van der Waals surface area contributed by atoms with Gasteiger partial charge in [0.2, 0.25) is 5.91 Å². The van der Waals surface area contributed by atoms with Gasteiger partial charge in [-0.1, -0.05) is 289 Å². The van der Waals surface area contributed by atoms with Crippen LogP contribution in [0, 0.1) is 0 Å². The largest absolute Gasteiger partial charge is 0.466 e. The number of ether oxygens (including phenoxy) is 1. The summed E-state index contributed by atoms with van der Waals surface area (Å²) >= 11 is 0. The first-order valence-electron chi connectivity index (χ1n) is 30.1. The molecule has 0 saturated carbocycles. The van der Waals surface area contributed by atoms with Crippen molar-refractivity contribution in [2.24, 2.45) is 0 Å². The highest BCUT2D eigenvalue weighted by atomic mass is 16.5. The lowest BCUT2D eigenvalue weighted by molar-refractivity contribution is -0.143. The molecule has 6 heteroatoms. The number of allylic oxidation sites excluding steroid dienone is 4. The molecule has 2 unspecified atom stereocenters. The van der Waals surface area contributed by atoms with Crippen LogP contribution in [-0.2, 0) is 14.3 Å². The van der Waals surface area contributed by atoms with Crippen LogP contribution in [-0.4, -0.2) is 47.4 Å². The zero-order valence-electron chi connectivity index (χ0n) is 45.1. The van der Waals surface area contributed by atoms with Gasteiger partial charge in [0.25, 0.3) is 0 Å². The Morgan fingerprint density at radius 3 is 1.19 bits per heavy atom. The number of nitrogens with one attached hydrogen (secondary N) is 1. The molecule has 0 heterocycles. The van der Waals surface area contributed by atoms with Crippen molar-refractivity contribution < 1.29 is 24.5 Å². The van der Waals surface area contributed by atoms with Gasteiger partial charge in [0, 0.05) is 12.8 Å². The summed E-state index contributed by atoms with van der Waals surface area (Å²) in [5, 5.41) is 23.3. The van der Waals surface area contributed by atoms with E-state index < -0.39 is 12.1 Å². The topological polar surface area (TPSA) is 95.9 Å². The van der Waals surface area contributed by atoms with Gasteiger partial charge in [-0.15, -0.1) is 0 Å². The molecular weight excluding hydrogens is 827 g/mol. The predicted molar refractivity (Wildman–Crippen MR) is 292 cm³/mol. The van der Waals surface area contributed by atoms with Crippen molar-refractivity contribution in [1.29, 1.82) is 0 Å². The monoisotopic (exact) mass is 944 g/mol. The summed E-state index contributed by atoms with van der Waals surface area (Å²) in [6.45, 7) is 4.90. The highest BCUT2D eigenvalue weighted by molar-refractivity contribution is 5.76. The Kier molecular flexibility index (Phi) is 55.5. The maximum atomic E-state index is 12.5. The average molecular weight is 945 g/mol. The fourth-order valence-corrected chi connectivity index (χ4v) is 9.39. The summed E-state index contributed by atoms with van der Waals surface area (Å²) in [5.74, 6) is -0.0414. The van der Waals surface area contributed by atoms with Crippen LogP contribution in [0.5, 0.6) is 0 Å². The quantitative estimate of drug-likeness (QED) is 0.0321. The zero-order valence-corrected chi connectivity index (χ0v) is 45.1. The van der Waals surface area contributed by atoms with Gasteiger partial charge in [-0.05, 0) is 51.4 Å². The molecule has 67 heavy (non-hydrogen) atoms. The Balaban J connectivity index is 3.41. The van der Waals surface area contributed by atoms with Crippen molar-refractivity contribution >= 4 is 11.9 Å². The number of rotatable bonds is 56. The van der Waals surface area contributed by atoms with Crippen LogP contribution in [0.4, 0.5) is 0 Å². The minimum absolute atomic E-state index is 0.00585. The molecule has 0 aromatic rings. The summed E-state index contributed by atoms with van der Waals surface area (Å²) in [4.78, 5) is 24.5. The molecule has 396 valence electrons. The van der Waals surface area contributed by atoms with E-state index in [9.17, 15) is 19.8 Å². The van der Waals surface area contributed by atoms with Gasteiger partial charge < -0.3 is 20.3 Å². The SMILES string of the molecule is CCC/C=C\C/C=C\CCCCCCCC(=O)OCCCCCCCCCCCCCCCCCCCCCC(=O)NC(CO)C(O)CCCCCCCCCCCCCCCCCCCC. The number of hydrogen-bond donors (Lipinski definition) is 3. The molecule has 0 radical (unpaired) electrons. The van der Waals surface area contributed by atoms with E-state index in [1.54, 1.807) is 0 Å². The standard InChI is InChI=1S/C61H117NO5/c1-3-5-7-9-11-13-15-17-18-19-23-26-30-33-37-41-45-49-53-59(64)58(57-63)62-60(65)54-50-46-42-38-34-31-27-24-21-20-22-25-28-32-36-40-44-48-52-56-67-61(66)55-51-47-43-39-35-29-16-14-12-10-8-6-4-2/h8,10,14,16,58-59,63-64H,3-7,9,11-13,15,17-57H2,1-2H3,(H,62,65)/b10-8-,16-14-. The Hall–Kier alpha value is -1.66. The number of aliphatic hydroxyl groups excluding tert-OH is 2. The molecule has 3 N–H and O–H groups in total. The van der Waals surface area contributed by atoms with Crippen molar-refractivity contribution in [2.75, 3.05) is 13.2 Å². The molecule has 0 spiro atoms. The number of hydrogen-bond acceptors (Lipinski definition) is 5. The Bertz CT molecular complexity index is 1040. The Morgan fingerprint density at radius 2 is 0.776 bits per heavy atom. The third-order valence-electron chi connectivity index (χ3n) is 14.0. The predicted octanol–water partition coefficient (Wildman–Crippen LogP) is 18.6. The van der Waals surface area contributed by atoms with E-state index in [0.717, 1.165) is 51.4 Å². The maximum Gasteiger partial charge on any atom is 0.305 e. The molecule has 2 atom stereocenters. The van der Waals surface area contributed by atoms with Crippen LogP contribution in [0.15, 0.2) is 24.3 Å². The van der Waals surface area contributed by atoms with Crippen molar-refractivity contribution in [3.8, 4) is 0 Å². The van der Waals surface area contributed by atoms with E-state index in [-0.39, 0.29) is 18.5 Å². The normalized spacial score (nSPS) is 12.7. The van der Waals surface area contributed by atoms with Gasteiger partial charge in [-0.25, -0.2) is 0 Å². The van der Waals surface area contributed by atoms with E-state index in [1.807, 2.05) is 0 Å². The van der Waals surface area contributed by atoms with E-state index in [4.69, 9.17) is 4.74 Å². The molecule has 1 amide bonds. The van der Waals surface area contributed by atoms with Crippen molar-refractivity contribution in [2.45, 2.75) is 341 Å². The Labute approximate surface area is 418 Å². The first-order valence-corrected chi connectivity index (χ1v) is 30.1. The fourth-order valence-electron chi connectivity index (χ4n) is 9.39. The van der Waals surface area contributed by atoms with Gasteiger partial charge in [0.15, 0.2) is 0 Å². The number of aliphatic hydroxyl groups is 2. The number of amides is 1. The summed E-state index contributed by atoms with van der Waals surface area (Å²) in [6.07, 6.45) is 68.9. The first-order chi connectivity index (χ1) is 33.0. The molecule has 0 rings (SSSR count). The molecule has 0 aliphatic carbocycles. The van der Waals surface area contributed by atoms with E-state index >= 15 is 0 Å². The summed E-state index contributed by atoms with van der Waals surface area (Å²) in [6, 6.07) is -0.544. The molecule has 0 fully saturated rings. The summed E-state index contributed by atoms with van der Waals surface area (Å²) in [7, 11) is 0. The van der Waals surface area contributed by atoms with Crippen LogP contribution in [0.3, 0.4) is 0 Å². The maximum absolute atomic E-state index is 12.5. The molecule has 0 aromatic heterocycles. The number of carbonyl (C=O) groups excluding carboxylic acids is 2. The zero-order chi connectivity index (χ0) is 48.6. The van der Waals surface area contributed by atoms with Gasteiger partial charge in [-0.2, -0.15) is 0 Å². The highest BCUT2D eigenvalue weighted by Crippen LogP contribution is 2.18. The highest BCUT2D eigenvalue weighted by Gasteiger charge is 2.20. The second-order valence-electron chi connectivity index (χ2n) is 20.7. The van der Waals surface area contributed by atoms with Crippen molar-refractivity contribution in [3.63, 3.8) is 0 Å². The number of unbranched alkanes of at least 4 members (excludes halogenated alkanes) is 41. The number of carbonyl (C=O) groups is 2. The van der Waals surface area contributed by atoms with Gasteiger partial charge in [0.05, 0.1) is 25.4 Å². The van der Waals surface area contributed by atoms with Crippen molar-refractivity contribution in [3.05, 3.63) is 24.3 Å². The molecule has 6 nitrogen and oxygen atoms in total. The summed E-state index contributed by atoms with van der Waals surface area (Å²) < 4.78 is 5.46. The minimum atomic E-state index is -0.667. The Morgan fingerprint density at radius 1 is 0.418 bits per heavy atom. The lowest BCUT2D eigenvalue weighted by Crippen LogP contribution is -2.45. The summed E-state index contributed by atoms with van der Waals surface area (Å²) in [5.41, 5.74) is 0. The second kappa shape index (κ2) is 56.9. The second-order valence-corrected chi connectivity index (χ2v) is 20.7. The first kappa shape index (κ1) is 65.3. The fraction of sp³-hybridized carbons (Fsp3) is 0.902. The average Bonchev–Trinajstić information content (AvgIpc) is 3.33. The minimum Gasteiger partial charge on any atom is -0.466 e. The molecule has 0 aromatic carbocycles. The molecule has 0 aliphatic rings. The molecular formula is C61H117NO5. The smallest absolute Gasteiger partial charge is 0.305 e. The van der Waals surface area contributed by atoms with Crippen LogP contribution in [0.1, 0.15) is 328 Å². The lowest BCUT2D eigenvalue weighted by atomic mass is 10.0. The van der Waals surface area contributed by atoms with Crippen LogP contribution < -0.4 is 5.32 Å².